The summed E-state index contributed by atoms with van der Waals surface area (Å²) in [6, 6.07) is 12.9. The lowest BCUT2D eigenvalue weighted by Gasteiger charge is -2.21. The third-order valence-electron chi connectivity index (χ3n) is 3.21. The van der Waals surface area contributed by atoms with Crippen molar-refractivity contribution in [3.63, 3.8) is 0 Å². The summed E-state index contributed by atoms with van der Waals surface area (Å²) in [4.78, 5) is 14.5. The number of halogens is 2. The van der Waals surface area contributed by atoms with Gasteiger partial charge < -0.3 is 10.2 Å². The van der Waals surface area contributed by atoms with E-state index >= 15 is 0 Å². The molecule has 110 valence electrons. The second-order valence-electron chi connectivity index (χ2n) is 4.61. The minimum atomic E-state index is -0.193. The van der Waals surface area contributed by atoms with Crippen LogP contribution in [0.1, 0.15) is 17.3 Å². The Labute approximate surface area is 138 Å². The van der Waals surface area contributed by atoms with Gasteiger partial charge in [-0.15, -0.1) is 0 Å². The van der Waals surface area contributed by atoms with Crippen LogP contribution in [0.3, 0.4) is 0 Å². The molecule has 0 heterocycles. The molecule has 0 aromatic heterocycles. The Balaban J connectivity index is 2.30. The van der Waals surface area contributed by atoms with Crippen molar-refractivity contribution >= 4 is 44.8 Å². The minimum Gasteiger partial charge on any atom is -0.373 e. The van der Waals surface area contributed by atoms with Crippen LogP contribution < -0.4 is 10.2 Å². The number of nitrogens with one attached hydrogen (secondary N) is 1. The summed E-state index contributed by atoms with van der Waals surface area (Å²) in [5.74, 6) is -0.193. The monoisotopic (exact) mass is 366 g/mol. The molecule has 0 spiro atoms. The first-order valence-corrected chi connectivity index (χ1v) is 7.76. The zero-order valence-electron chi connectivity index (χ0n) is 11.9. The number of hydrogen-bond donors (Lipinski definition) is 1. The molecule has 0 aliphatic rings. The van der Waals surface area contributed by atoms with Crippen molar-refractivity contribution in [3.8, 4) is 0 Å². The first-order chi connectivity index (χ1) is 10.0. The van der Waals surface area contributed by atoms with E-state index in [0.29, 0.717) is 15.1 Å². The van der Waals surface area contributed by atoms with Crippen LogP contribution in [-0.2, 0) is 0 Å². The molecule has 2 rings (SSSR count). The van der Waals surface area contributed by atoms with Crippen LogP contribution in [0.5, 0.6) is 0 Å². The van der Waals surface area contributed by atoms with E-state index in [9.17, 15) is 4.79 Å². The van der Waals surface area contributed by atoms with Crippen LogP contribution in [0.4, 0.5) is 11.4 Å². The van der Waals surface area contributed by atoms with Crippen LogP contribution in [0.25, 0.3) is 0 Å². The molecule has 0 aliphatic carbocycles. The fourth-order valence-corrected chi connectivity index (χ4v) is 2.54. The molecule has 2 aromatic carbocycles. The molecule has 1 N–H and O–H groups in total. The zero-order valence-corrected chi connectivity index (χ0v) is 14.2. The van der Waals surface area contributed by atoms with Crippen LogP contribution in [-0.4, -0.2) is 19.5 Å². The molecule has 0 fully saturated rings. The lowest BCUT2D eigenvalue weighted by molar-refractivity contribution is 0.102. The van der Waals surface area contributed by atoms with Gasteiger partial charge in [0.25, 0.3) is 5.91 Å². The summed E-state index contributed by atoms with van der Waals surface area (Å²) in [6.45, 7) is 2.92. The summed E-state index contributed by atoms with van der Waals surface area (Å²) in [5.41, 5.74) is 2.27. The van der Waals surface area contributed by atoms with Crippen molar-refractivity contribution in [2.24, 2.45) is 0 Å². The van der Waals surface area contributed by atoms with E-state index in [1.54, 1.807) is 18.2 Å². The number of benzene rings is 2. The Kier molecular flexibility index (Phi) is 5.26. The van der Waals surface area contributed by atoms with E-state index in [1.807, 2.05) is 31.3 Å². The average molecular weight is 368 g/mol. The second-order valence-corrected chi connectivity index (χ2v) is 5.90. The third kappa shape index (κ3) is 3.77. The highest BCUT2D eigenvalue weighted by Gasteiger charge is 2.13. The predicted octanol–water partition coefficient (Wildman–Crippen LogP) is 4.81. The van der Waals surface area contributed by atoms with Gasteiger partial charge in [0.05, 0.1) is 16.9 Å². The predicted molar refractivity (Wildman–Crippen MR) is 92.5 cm³/mol. The molecule has 0 bridgehead atoms. The average Bonchev–Trinajstić information content (AvgIpc) is 2.49. The first-order valence-electron chi connectivity index (χ1n) is 6.59. The van der Waals surface area contributed by atoms with E-state index in [-0.39, 0.29) is 5.91 Å². The Morgan fingerprint density at radius 3 is 2.71 bits per heavy atom. The maximum Gasteiger partial charge on any atom is 0.256 e. The molecule has 2 aromatic rings. The van der Waals surface area contributed by atoms with Gasteiger partial charge in [-0.25, -0.2) is 0 Å². The number of nitrogens with zero attached hydrogens (tertiary/aromatic N) is 1. The number of carbonyl (C=O) groups is 1. The zero-order chi connectivity index (χ0) is 15.4. The molecule has 0 atom stereocenters. The van der Waals surface area contributed by atoms with Crippen molar-refractivity contribution in [1.82, 2.24) is 0 Å². The largest absolute Gasteiger partial charge is 0.373 e. The lowest BCUT2D eigenvalue weighted by atomic mass is 10.2. The SMILES string of the molecule is CCN(C)c1ccccc1NC(=O)c1cc(Cl)ccc1Br. The van der Waals surface area contributed by atoms with E-state index < -0.39 is 0 Å². The fourth-order valence-electron chi connectivity index (χ4n) is 1.94. The molecule has 21 heavy (non-hydrogen) atoms. The van der Waals surface area contributed by atoms with E-state index in [1.165, 1.54) is 0 Å². The highest BCUT2D eigenvalue weighted by Crippen LogP contribution is 2.27. The minimum absolute atomic E-state index is 0.193. The molecule has 0 saturated heterocycles. The van der Waals surface area contributed by atoms with E-state index in [4.69, 9.17) is 11.6 Å². The maximum absolute atomic E-state index is 12.4. The summed E-state index contributed by atoms with van der Waals surface area (Å²) in [5, 5.41) is 3.47. The van der Waals surface area contributed by atoms with Gasteiger partial charge in [0, 0.05) is 23.1 Å². The van der Waals surface area contributed by atoms with Crippen molar-refractivity contribution in [3.05, 3.63) is 57.5 Å². The summed E-state index contributed by atoms with van der Waals surface area (Å²) in [6.07, 6.45) is 0. The van der Waals surface area contributed by atoms with Crippen LogP contribution in [0.15, 0.2) is 46.9 Å². The van der Waals surface area contributed by atoms with Crippen LogP contribution >= 0.6 is 27.5 Å². The highest BCUT2D eigenvalue weighted by atomic mass is 79.9. The molecule has 5 heteroatoms. The Bertz CT molecular complexity index is 660. The molecule has 3 nitrogen and oxygen atoms in total. The van der Waals surface area contributed by atoms with Crippen molar-refractivity contribution < 1.29 is 4.79 Å². The van der Waals surface area contributed by atoms with Gasteiger partial charge in [0.15, 0.2) is 0 Å². The summed E-state index contributed by atoms with van der Waals surface area (Å²) in [7, 11) is 1.99. The molecule has 0 aliphatic heterocycles. The topological polar surface area (TPSA) is 32.3 Å². The number of anilines is 2. The Morgan fingerprint density at radius 2 is 2.00 bits per heavy atom. The fraction of sp³-hybridized carbons (Fsp3) is 0.188. The third-order valence-corrected chi connectivity index (χ3v) is 4.14. The Morgan fingerprint density at radius 1 is 1.29 bits per heavy atom. The van der Waals surface area contributed by atoms with Gasteiger partial charge >= 0.3 is 0 Å². The first kappa shape index (κ1) is 15.9. The van der Waals surface area contributed by atoms with Gasteiger partial charge in [-0.05, 0) is 53.2 Å². The van der Waals surface area contributed by atoms with Gasteiger partial charge in [-0.1, -0.05) is 23.7 Å². The standard InChI is InChI=1S/C16H16BrClN2O/c1-3-20(2)15-7-5-4-6-14(15)19-16(21)12-10-11(18)8-9-13(12)17/h4-10H,3H2,1-2H3,(H,19,21). The molecule has 0 saturated carbocycles. The maximum atomic E-state index is 12.4. The molecule has 0 radical (unpaired) electrons. The second kappa shape index (κ2) is 6.96. The molecular formula is C16H16BrClN2O. The number of carbonyl (C=O) groups excluding carboxylic acids is 1. The van der Waals surface area contributed by atoms with E-state index in [0.717, 1.165) is 17.9 Å². The smallest absolute Gasteiger partial charge is 0.256 e. The highest BCUT2D eigenvalue weighted by molar-refractivity contribution is 9.10. The molecule has 0 unspecified atom stereocenters. The van der Waals surface area contributed by atoms with Crippen molar-refractivity contribution in [2.45, 2.75) is 6.92 Å². The van der Waals surface area contributed by atoms with Gasteiger partial charge in [-0.2, -0.15) is 0 Å². The van der Waals surface area contributed by atoms with Gasteiger partial charge in [-0.3, -0.25) is 4.79 Å². The quantitative estimate of drug-likeness (QED) is 0.841. The number of rotatable bonds is 4. The molecular weight excluding hydrogens is 352 g/mol. The Hall–Kier alpha value is -1.52. The van der Waals surface area contributed by atoms with Crippen LogP contribution in [0, 0.1) is 0 Å². The summed E-state index contributed by atoms with van der Waals surface area (Å²) < 4.78 is 0.714. The van der Waals surface area contributed by atoms with Gasteiger partial charge in [0.1, 0.15) is 0 Å². The normalized spacial score (nSPS) is 10.3. The number of para-hydroxylation sites is 2. The van der Waals surface area contributed by atoms with Crippen LogP contribution in [0.2, 0.25) is 5.02 Å². The number of amides is 1. The van der Waals surface area contributed by atoms with Crippen molar-refractivity contribution in [2.75, 3.05) is 23.8 Å². The molecule has 1 amide bonds. The van der Waals surface area contributed by atoms with Gasteiger partial charge in [0.2, 0.25) is 0 Å². The van der Waals surface area contributed by atoms with E-state index in [2.05, 4.69) is 33.1 Å². The number of hydrogen-bond acceptors (Lipinski definition) is 2. The summed E-state index contributed by atoms with van der Waals surface area (Å²) >= 11 is 9.33. The lowest BCUT2D eigenvalue weighted by Crippen LogP contribution is -2.20. The van der Waals surface area contributed by atoms with Crippen molar-refractivity contribution in [1.29, 1.82) is 0 Å².